The van der Waals surface area contributed by atoms with E-state index in [-0.39, 0.29) is 17.6 Å². The quantitative estimate of drug-likeness (QED) is 0.224. The standard InChI is InChI=1S/C26H17BrClN3O3S/c27-15-7-10-17(11-8-15)33-14-24(32)31-26(35)29-16-9-12-23-22(13-16)30-25(34-23)20-5-1-4-19-18(20)3-2-6-21(19)28/h1-13H,14H2,(H2,29,31,32,35). The third-order valence-electron chi connectivity index (χ3n) is 5.18. The molecule has 0 saturated carbocycles. The molecular formula is C26H17BrClN3O3S. The van der Waals surface area contributed by atoms with Gasteiger partial charge in [-0.1, -0.05) is 51.8 Å². The first-order valence-electron chi connectivity index (χ1n) is 10.5. The zero-order valence-corrected chi connectivity index (χ0v) is 21.2. The van der Waals surface area contributed by atoms with Gasteiger partial charge in [0.2, 0.25) is 5.89 Å². The van der Waals surface area contributed by atoms with Gasteiger partial charge in [-0.2, -0.15) is 0 Å². The number of thiocarbonyl (C=S) groups is 1. The molecule has 0 bridgehead atoms. The molecule has 0 aliphatic heterocycles. The smallest absolute Gasteiger partial charge is 0.264 e. The Kier molecular flexibility index (Phi) is 6.68. The number of aromatic nitrogens is 1. The van der Waals surface area contributed by atoms with E-state index < -0.39 is 0 Å². The van der Waals surface area contributed by atoms with Crippen LogP contribution in [-0.4, -0.2) is 22.6 Å². The van der Waals surface area contributed by atoms with Gasteiger partial charge in [-0.05, 0) is 72.2 Å². The Morgan fingerprint density at radius 1 is 1.03 bits per heavy atom. The van der Waals surface area contributed by atoms with Gasteiger partial charge in [-0.3, -0.25) is 10.1 Å². The number of halogens is 2. The molecule has 2 N–H and O–H groups in total. The van der Waals surface area contributed by atoms with Crippen molar-refractivity contribution in [3.8, 4) is 17.2 Å². The highest BCUT2D eigenvalue weighted by Gasteiger charge is 2.13. The van der Waals surface area contributed by atoms with Crippen LogP contribution in [0.15, 0.2) is 87.8 Å². The molecule has 1 heterocycles. The SMILES string of the molecule is O=C(COc1ccc(Br)cc1)NC(=S)Nc1ccc2oc(-c3cccc4c(Cl)cccc34)nc2c1. The highest BCUT2D eigenvalue weighted by Crippen LogP contribution is 2.34. The molecule has 0 spiro atoms. The van der Waals surface area contributed by atoms with E-state index in [1.807, 2.05) is 48.5 Å². The highest BCUT2D eigenvalue weighted by molar-refractivity contribution is 9.10. The Balaban J connectivity index is 1.27. The molecule has 0 fully saturated rings. The molecule has 6 nitrogen and oxygen atoms in total. The number of rotatable bonds is 5. The van der Waals surface area contributed by atoms with Crippen molar-refractivity contribution >= 4 is 78.3 Å². The van der Waals surface area contributed by atoms with Gasteiger partial charge < -0.3 is 14.5 Å². The largest absolute Gasteiger partial charge is 0.484 e. The molecule has 5 aromatic rings. The van der Waals surface area contributed by atoms with Crippen LogP contribution in [0.5, 0.6) is 5.75 Å². The molecule has 0 saturated heterocycles. The molecule has 4 aromatic carbocycles. The zero-order chi connectivity index (χ0) is 24.4. The monoisotopic (exact) mass is 565 g/mol. The van der Waals surface area contributed by atoms with Crippen LogP contribution < -0.4 is 15.4 Å². The van der Waals surface area contributed by atoms with E-state index in [1.165, 1.54) is 0 Å². The molecule has 9 heteroatoms. The Labute approximate surface area is 219 Å². The summed E-state index contributed by atoms with van der Waals surface area (Å²) >= 11 is 15.0. The number of benzene rings is 4. The average molecular weight is 567 g/mol. The first-order valence-corrected chi connectivity index (χ1v) is 12.1. The first-order chi connectivity index (χ1) is 17.0. The van der Waals surface area contributed by atoms with Crippen molar-refractivity contribution in [2.45, 2.75) is 0 Å². The number of anilines is 1. The molecule has 0 aliphatic carbocycles. The summed E-state index contributed by atoms with van der Waals surface area (Å²) in [6.07, 6.45) is 0. The molecule has 5 rings (SSSR count). The normalized spacial score (nSPS) is 10.9. The van der Waals surface area contributed by atoms with Crippen molar-refractivity contribution < 1.29 is 13.9 Å². The lowest BCUT2D eigenvalue weighted by molar-refractivity contribution is -0.121. The maximum atomic E-state index is 12.2. The van der Waals surface area contributed by atoms with Gasteiger partial charge in [-0.25, -0.2) is 4.98 Å². The van der Waals surface area contributed by atoms with Gasteiger partial charge in [0.25, 0.3) is 5.91 Å². The number of carbonyl (C=O) groups excluding carboxylic acids is 1. The minimum absolute atomic E-state index is 0.154. The molecule has 0 unspecified atom stereocenters. The van der Waals surface area contributed by atoms with Gasteiger partial charge >= 0.3 is 0 Å². The summed E-state index contributed by atoms with van der Waals surface area (Å²) in [5.41, 5.74) is 2.79. The third kappa shape index (κ3) is 5.30. The number of hydrogen-bond donors (Lipinski definition) is 2. The topological polar surface area (TPSA) is 76.4 Å². The highest BCUT2D eigenvalue weighted by atomic mass is 79.9. The first kappa shape index (κ1) is 23.3. The molecule has 1 aromatic heterocycles. The fourth-order valence-electron chi connectivity index (χ4n) is 3.58. The second-order valence-corrected chi connectivity index (χ2v) is 9.32. The molecule has 0 radical (unpaired) electrons. The number of nitrogens with zero attached hydrogens (tertiary/aromatic N) is 1. The van der Waals surface area contributed by atoms with E-state index in [0.717, 1.165) is 20.8 Å². The van der Waals surface area contributed by atoms with Crippen molar-refractivity contribution in [2.24, 2.45) is 0 Å². The van der Waals surface area contributed by atoms with Crippen molar-refractivity contribution in [1.82, 2.24) is 10.3 Å². The fraction of sp³-hybridized carbons (Fsp3) is 0.0385. The number of fused-ring (bicyclic) bond motifs is 2. The lowest BCUT2D eigenvalue weighted by atomic mass is 10.0. The van der Waals surface area contributed by atoms with Crippen molar-refractivity contribution in [2.75, 3.05) is 11.9 Å². The summed E-state index contributed by atoms with van der Waals surface area (Å²) in [7, 11) is 0. The van der Waals surface area contributed by atoms with Gasteiger partial charge in [0.1, 0.15) is 11.3 Å². The van der Waals surface area contributed by atoms with E-state index >= 15 is 0 Å². The van der Waals surface area contributed by atoms with Gasteiger partial charge in [0, 0.05) is 26.1 Å². The Bertz CT molecular complexity index is 1570. The van der Waals surface area contributed by atoms with Crippen LogP contribution in [0.1, 0.15) is 0 Å². The molecular weight excluding hydrogens is 550 g/mol. The number of ether oxygens (including phenoxy) is 1. The van der Waals surface area contributed by atoms with Crippen LogP contribution in [0.4, 0.5) is 5.69 Å². The van der Waals surface area contributed by atoms with Crippen LogP contribution in [0.3, 0.4) is 0 Å². The number of oxazole rings is 1. The lowest BCUT2D eigenvalue weighted by Gasteiger charge is -2.10. The minimum Gasteiger partial charge on any atom is -0.484 e. The van der Waals surface area contributed by atoms with Gasteiger partial charge in [0.05, 0.1) is 0 Å². The van der Waals surface area contributed by atoms with Crippen LogP contribution in [-0.2, 0) is 4.79 Å². The van der Waals surface area contributed by atoms with Gasteiger partial charge in [0.15, 0.2) is 17.3 Å². The predicted molar refractivity (Wildman–Crippen MR) is 146 cm³/mol. The van der Waals surface area contributed by atoms with Crippen molar-refractivity contribution in [3.63, 3.8) is 0 Å². The summed E-state index contributed by atoms with van der Waals surface area (Å²) in [6, 6.07) is 24.2. The van der Waals surface area contributed by atoms with Crippen LogP contribution in [0.25, 0.3) is 33.3 Å². The van der Waals surface area contributed by atoms with Crippen LogP contribution in [0, 0.1) is 0 Å². The summed E-state index contributed by atoms with van der Waals surface area (Å²) < 4.78 is 12.4. The summed E-state index contributed by atoms with van der Waals surface area (Å²) in [6.45, 7) is -0.163. The van der Waals surface area contributed by atoms with Crippen LogP contribution >= 0.6 is 39.7 Å². The van der Waals surface area contributed by atoms with E-state index in [2.05, 4.69) is 31.5 Å². The number of amides is 1. The van der Waals surface area contributed by atoms with Crippen LogP contribution in [0.2, 0.25) is 5.02 Å². The summed E-state index contributed by atoms with van der Waals surface area (Å²) in [4.78, 5) is 16.8. The second kappa shape index (κ2) is 10.0. The minimum atomic E-state index is -0.371. The fourth-order valence-corrected chi connectivity index (χ4v) is 4.32. The average Bonchev–Trinajstić information content (AvgIpc) is 3.27. The summed E-state index contributed by atoms with van der Waals surface area (Å²) in [5.74, 6) is 0.707. The van der Waals surface area contributed by atoms with Crippen molar-refractivity contribution in [3.05, 3.63) is 88.4 Å². The maximum Gasteiger partial charge on any atom is 0.264 e. The molecule has 1 amide bonds. The Morgan fingerprint density at radius 2 is 1.80 bits per heavy atom. The molecule has 174 valence electrons. The molecule has 0 atom stereocenters. The second-order valence-electron chi connectivity index (χ2n) is 7.59. The van der Waals surface area contributed by atoms with E-state index in [0.29, 0.717) is 33.4 Å². The Morgan fingerprint density at radius 3 is 2.63 bits per heavy atom. The van der Waals surface area contributed by atoms with E-state index in [9.17, 15) is 4.79 Å². The Hall–Kier alpha value is -3.46. The third-order valence-corrected chi connectivity index (χ3v) is 6.24. The number of carbonyl (C=O) groups is 1. The number of hydrogen-bond acceptors (Lipinski definition) is 5. The lowest BCUT2D eigenvalue weighted by Crippen LogP contribution is -2.37. The zero-order valence-electron chi connectivity index (χ0n) is 18.0. The molecule has 35 heavy (non-hydrogen) atoms. The van der Waals surface area contributed by atoms with E-state index in [4.69, 9.17) is 33.0 Å². The van der Waals surface area contributed by atoms with Gasteiger partial charge in [-0.15, -0.1) is 0 Å². The maximum absolute atomic E-state index is 12.2. The van der Waals surface area contributed by atoms with E-state index in [1.54, 1.807) is 30.3 Å². The predicted octanol–water partition coefficient (Wildman–Crippen LogP) is 6.96. The summed E-state index contributed by atoms with van der Waals surface area (Å²) in [5, 5.41) is 8.32. The number of nitrogens with one attached hydrogen (secondary N) is 2. The van der Waals surface area contributed by atoms with Crippen molar-refractivity contribution in [1.29, 1.82) is 0 Å². The molecule has 0 aliphatic rings.